The second-order valence-corrected chi connectivity index (χ2v) is 9.70. The number of hydrogen-bond donors (Lipinski definition) is 0. The molecule has 4 rings (SSSR count). The van der Waals surface area contributed by atoms with Crippen molar-refractivity contribution in [1.82, 2.24) is 0 Å². The summed E-state index contributed by atoms with van der Waals surface area (Å²) in [4.78, 5) is 23.3. The van der Waals surface area contributed by atoms with Crippen LogP contribution in [0.25, 0.3) is 0 Å². The van der Waals surface area contributed by atoms with Gasteiger partial charge in [0.1, 0.15) is 11.4 Å². The molecule has 0 saturated heterocycles. The van der Waals surface area contributed by atoms with Crippen LogP contribution in [0.2, 0.25) is 0 Å². The van der Waals surface area contributed by atoms with E-state index >= 15 is 0 Å². The Labute approximate surface area is 174 Å². The van der Waals surface area contributed by atoms with Crippen LogP contribution in [0, 0.1) is 17.3 Å². The van der Waals surface area contributed by atoms with Crippen molar-refractivity contribution in [2.75, 3.05) is 0 Å². The van der Waals surface area contributed by atoms with E-state index in [4.69, 9.17) is 9.47 Å². The van der Waals surface area contributed by atoms with Gasteiger partial charge in [-0.2, -0.15) is 0 Å². The zero-order valence-corrected chi connectivity index (χ0v) is 18.3. The van der Waals surface area contributed by atoms with Gasteiger partial charge in [0.25, 0.3) is 0 Å². The van der Waals surface area contributed by atoms with Gasteiger partial charge in [0, 0.05) is 19.3 Å². The van der Waals surface area contributed by atoms with Crippen LogP contribution in [-0.2, 0) is 20.7 Å². The fourth-order valence-electron chi connectivity index (χ4n) is 7.19. The Bertz CT molecular complexity index is 815. The van der Waals surface area contributed by atoms with E-state index in [-0.39, 0.29) is 23.0 Å². The number of fused-ring (bicyclic) bond motifs is 5. The molecule has 1 aromatic carbocycles. The van der Waals surface area contributed by atoms with Crippen molar-refractivity contribution in [3.8, 4) is 5.75 Å². The van der Waals surface area contributed by atoms with Crippen molar-refractivity contribution in [2.24, 2.45) is 17.3 Å². The summed E-state index contributed by atoms with van der Waals surface area (Å²) in [7, 11) is 0. The van der Waals surface area contributed by atoms with Gasteiger partial charge in [-0.05, 0) is 86.0 Å². The van der Waals surface area contributed by atoms with Crippen LogP contribution < -0.4 is 4.74 Å². The fourth-order valence-corrected chi connectivity index (χ4v) is 7.19. The molecule has 0 spiro atoms. The van der Waals surface area contributed by atoms with Gasteiger partial charge in [-0.3, -0.25) is 9.59 Å². The highest BCUT2D eigenvalue weighted by molar-refractivity contribution is 5.69. The molecule has 0 radical (unpaired) electrons. The number of aryl methyl sites for hydroxylation is 1. The normalized spacial score (nSPS) is 35.2. The molecule has 0 bridgehead atoms. The van der Waals surface area contributed by atoms with Crippen LogP contribution in [0.3, 0.4) is 0 Å². The van der Waals surface area contributed by atoms with Gasteiger partial charge in [-0.1, -0.05) is 26.3 Å². The monoisotopic (exact) mass is 398 g/mol. The Kier molecular flexibility index (Phi) is 5.25. The standard InChI is InChI=1S/C25H34O4/c1-5-12-25(29-17(3)27)14-11-23-22-8-6-18-15-19(28-16(2)26)7-9-20(18)21(22)10-13-24(23,25)4/h7,9,15,21-23H,5-6,8,10-14H2,1-4H3/t21-,22-,23+,24+,25+/m1/s1. The first kappa shape index (κ1) is 20.4. The molecule has 0 heterocycles. The van der Waals surface area contributed by atoms with Gasteiger partial charge in [0.2, 0.25) is 0 Å². The van der Waals surface area contributed by atoms with Crippen LogP contribution in [0.4, 0.5) is 0 Å². The molecule has 158 valence electrons. The molecule has 0 N–H and O–H groups in total. The van der Waals surface area contributed by atoms with E-state index in [1.165, 1.54) is 24.5 Å². The van der Waals surface area contributed by atoms with E-state index < -0.39 is 0 Å². The highest BCUT2D eigenvalue weighted by Gasteiger charge is 2.63. The molecule has 2 fully saturated rings. The molecule has 1 aromatic rings. The summed E-state index contributed by atoms with van der Waals surface area (Å²) in [6.45, 7) is 7.62. The molecule has 3 aliphatic rings. The lowest BCUT2D eigenvalue weighted by Gasteiger charge is -2.54. The number of hydrogen-bond acceptors (Lipinski definition) is 4. The van der Waals surface area contributed by atoms with Gasteiger partial charge < -0.3 is 9.47 Å². The smallest absolute Gasteiger partial charge is 0.308 e. The average Bonchev–Trinajstić information content (AvgIpc) is 2.93. The number of esters is 2. The lowest BCUT2D eigenvalue weighted by Crippen LogP contribution is -2.52. The number of carbonyl (C=O) groups is 2. The molecule has 4 heteroatoms. The van der Waals surface area contributed by atoms with Crippen molar-refractivity contribution >= 4 is 11.9 Å². The van der Waals surface area contributed by atoms with Crippen LogP contribution in [0.15, 0.2) is 18.2 Å². The summed E-state index contributed by atoms with van der Waals surface area (Å²) >= 11 is 0. The lowest BCUT2D eigenvalue weighted by molar-refractivity contribution is -0.179. The number of ether oxygens (including phenoxy) is 2. The summed E-state index contributed by atoms with van der Waals surface area (Å²) in [5.74, 6) is 2.08. The van der Waals surface area contributed by atoms with Gasteiger partial charge in [-0.15, -0.1) is 0 Å². The maximum Gasteiger partial charge on any atom is 0.308 e. The van der Waals surface area contributed by atoms with Crippen molar-refractivity contribution < 1.29 is 19.1 Å². The third-order valence-corrected chi connectivity index (χ3v) is 8.24. The predicted octanol–water partition coefficient (Wildman–Crippen LogP) is 5.57. The molecule has 0 aliphatic heterocycles. The highest BCUT2D eigenvalue weighted by atomic mass is 16.6. The van der Waals surface area contributed by atoms with Gasteiger partial charge in [-0.25, -0.2) is 0 Å². The van der Waals surface area contributed by atoms with E-state index in [0.717, 1.165) is 44.9 Å². The molecule has 4 nitrogen and oxygen atoms in total. The average molecular weight is 399 g/mol. The van der Waals surface area contributed by atoms with Gasteiger partial charge in [0.15, 0.2) is 0 Å². The van der Waals surface area contributed by atoms with Crippen LogP contribution >= 0.6 is 0 Å². The maximum atomic E-state index is 12.0. The van der Waals surface area contributed by atoms with E-state index in [1.807, 2.05) is 6.07 Å². The summed E-state index contributed by atoms with van der Waals surface area (Å²) in [6, 6.07) is 6.20. The van der Waals surface area contributed by atoms with Gasteiger partial charge in [0.05, 0.1) is 0 Å². The summed E-state index contributed by atoms with van der Waals surface area (Å²) in [5.41, 5.74) is 2.57. The summed E-state index contributed by atoms with van der Waals surface area (Å²) in [5, 5.41) is 0. The molecule has 0 aromatic heterocycles. The van der Waals surface area contributed by atoms with E-state index in [0.29, 0.717) is 23.5 Å². The molecule has 0 unspecified atom stereocenters. The minimum absolute atomic E-state index is 0.0744. The van der Waals surface area contributed by atoms with Crippen molar-refractivity contribution in [3.63, 3.8) is 0 Å². The van der Waals surface area contributed by atoms with E-state index in [9.17, 15) is 9.59 Å². The number of rotatable bonds is 4. The Morgan fingerprint density at radius 2 is 1.90 bits per heavy atom. The van der Waals surface area contributed by atoms with Crippen molar-refractivity contribution in [3.05, 3.63) is 29.3 Å². The number of carbonyl (C=O) groups excluding carboxylic acids is 2. The second kappa shape index (κ2) is 7.45. The highest BCUT2D eigenvalue weighted by Crippen LogP contribution is 2.66. The maximum absolute atomic E-state index is 12.0. The predicted molar refractivity (Wildman–Crippen MR) is 112 cm³/mol. The Morgan fingerprint density at radius 1 is 1.10 bits per heavy atom. The Morgan fingerprint density at radius 3 is 2.59 bits per heavy atom. The summed E-state index contributed by atoms with van der Waals surface area (Å²) in [6.07, 6.45) is 8.64. The molecule has 29 heavy (non-hydrogen) atoms. The first-order chi connectivity index (χ1) is 13.8. The largest absolute Gasteiger partial charge is 0.459 e. The topological polar surface area (TPSA) is 52.6 Å². The van der Waals surface area contributed by atoms with Crippen molar-refractivity contribution in [2.45, 2.75) is 90.6 Å². The third kappa shape index (κ3) is 3.29. The third-order valence-electron chi connectivity index (χ3n) is 8.24. The summed E-state index contributed by atoms with van der Waals surface area (Å²) < 4.78 is 11.4. The SMILES string of the molecule is CCC[C@]1(OC(C)=O)CC[C@H]2[C@@H]3CCc4cc(OC(C)=O)ccc4[C@H]3CC[C@@]21C. The lowest BCUT2D eigenvalue weighted by atomic mass is 9.53. The molecule has 3 aliphatic carbocycles. The zero-order chi connectivity index (χ0) is 20.8. The van der Waals surface area contributed by atoms with Crippen LogP contribution in [0.5, 0.6) is 5.75 Å². The quantitative estimate of drug-likeness (QED) is 0.491. The Balaban J connectivity index is 1.63. The molecular weight excluding hydrogens is 364 g/mol. The zero-order valence-electron chi connectivity index (χ0n) is 18.3. The second-order valence-electron chi connectivity index (χ2n) is 9.70. The molecule has 2 saturated carbocycles. The first-order valence-electron chi connectivity index (χ1n) is 11.3. The van der Waals surface area contributed by atoms with Gasteiger partial charge >= 0.3 is 11.9 Å². The van der Waals surface area contributed by atoms with Crippen molar-refractivity contribution in [1.29, 1.82) is 0 Å². The fraction of sp³-hybridized carbons (Fsp3) is 0.680. The number of benzene rings is 1. The first-order valence-corrected chi connectivity index (χ1v) is 11.3. The molecular formula is C25H34O4. The molecule has 0 amide bonds. The minimum atomic E-state index is -0.289. The molecule has 5 atom stereocenters. The Hall–Kier alpha value is -1.84. The van der Waals surface area contributed by atoms with E-state index in [2.05, 4.69) is 26.0 Å². The van der Waals surface area contributed by atoms with Crippen LogP contribution in [-0.4, -0.2) is 17.5 Å². The minimum Gasteiger partial charge on any atom is -0.459 e. The van der Waals surface area contributed by atoms with E-state index in [1.54, 1.807) is 6.92 Å². The van der Waals surface area contributed by atoms with Crippen LogP contribution in [0.1, 0.15) is 89.7 Å².